The Morgan fingerprint density at radius 2 is 2.50 bits per heavy atom. The minimum Gasteiger partial charge on any atom is -0.330 e. The van der Waals surface area contributed by atoms with Gasteiger partial charge in [0.1, 0.15) is 0 Å². The summed E-state index contributed by atoms with van der Waals surface area (Å²) in [5.41, 5.74) is 6.31. The molecule has 1 rings (SSSR count). The Balaban J connectivity index is 2.59. The number of rotatable bonds is 3. The summed E-state index contributed by atoms with van der Waals surface area (Å²) < 4.78 is 1.80. The van der Waals surface area contributed by atoms with E-state index in [4.69, 9.17) is 5.73 Å². The van der Waals surface area contributed by atoms with Gasteiger partial charge in [-0.25, -0.2) is 0 Å². The molecular weight excluding hydrogens is 128 g/mol. The van der Waals surface area contributed by atoms with Crippen LogP contribution in [-0.4, -0.2) is 21.5 Å². The number of hydrogen-bond acceptors (Lipinski definition) is 3. The fourth-order valence-electron chi connectivity index (χ4n) is 0.756. The van der Waals surface area contributed by atoms with Gasteiger partial charge in [-0.3, -0.25) is 4.68 Å². The van der Waals surface area contributed by atoms with Crippen molar-refractivity contribution in [2.45, 2.75) is 19.9 Å². The van der Waals surface area contributed by atoms with Gasteiger partial charge in [-0.1, -0.05) is 5.21 Å². The number of aryl methyl sites for hydroxylation is 1. The maximum atomic E-state index is 5.33. The molecule has 1 aromatic heterocycles. The molecule has 10 heavy (non-hydrogen) atoms. The summed E-state index contributed by atoms with van der Waals surface area (Å²) in [4.78, 5) is 0. The van der Waals surface area contributed by atoms with Crippen molar-refractivity contribution in [3.05, 3.63) is 11.9 Å². The van der Waals surface area contributed by atoms with E-state index in [-0.39, 0.29) is 0 Å². The zero-order valence-corrected chi connectivity index (χ0v) is 6.12. The monoisotopic (exact) mass is 140 g/mol. The number of nitrogens with zero attached hydrogens (tertiary/aromatic N) is 3. The van der Waals surface area contributed by atoms with Crippen molar-refractivity contribution < 1.29 is 0 Å². The van der Waals surface area contributed by atoms with E-state index in [9.17, 15) is 0 Å². The molecule has 0 atom stereocenters. The predicted molar refractivity (Wildman–Crippen MR) is 38.5 cm³/mol. The maximum Gasteiger partial charge on any atom is 0.0839 e. The molecule has 0 aliphatic heterocycles. The zero-order valence-electron chi connectivity index (χ0n) is 6.12. The van der Waals surface area contributed by atoms with Crippen molar-refractivity contribution in [1.29, 1.82) is 0 Å². The molecule has 0 spiro atoms. The second kappa shape index (κ2) is 3.31. The highest BCUT2D eigenvalue weighted by Gasteiger charge is 1.95. The van der Waals surface area contributed by atoms with Crippen molar-refractivity contribution >= 4 is 0 Å². The van der Waals surface area contributed by atoms with Gasteiger partial charge in [-0.2, -0.15) is 0 Å². The molecule has 1 heterocycles. The van der Waals surface area contributed by atoms with Crippen molar-refractivity contribution in [3.63, 3.8) is 0 Å². The van der Waals surface area contributed by atoms with Gasteiger partial charge in [-0.05, 0) is 13.5 Å². The Morgan fingerprint density at radius 3 is 3.00 bits per heavy atom. The minimum absolute atomic E-state index is 0.641. The fourth-order valence-corrected chi connectivity index (χ4v) is 0.756. The van der Waals surface area contributed by atoms with Gasteiger partial charge in [0, 0.05) is 19.2 Å². The van der Waals surface area contributed by atoms with E-state index in [1.54, 1.807) is 4.68 Å². The minimum atomic E-state index is 0.641. The summed E-state index contributed by atoms with van der Waals surface area (Å²) in [6, 6.07) is 0. The first-order valence-electron chi connectivity index (χ1n) is 3.46. The number of nitrogens with two attached hydrogens (primary N) is 1. The van der Waals surface area contributed by atoms with Crippen LogP contribution in [0, 0.1) is 0 Å². The van der Waals surface area contributed by atoms with E-state index in [0.717, 1.165) is 18.7 Å². The summed E-state index contributed by atoms with van der Waals surface area (Å²) in [5, 5.41) is 7.77. The maximum absolute atomic E-state index is 5.33. The van der Waals surface area contributed by atoms with Crippen molar-refractivity contribution in [3.8, 4) is 0 Å². The summed E-state index contributed by atoms with van der Waals surface area (Å²) in [7, 11) is 0. The molecule has 0 aliphatic rings. The second-order valence-electron chi connectivity index (χ2n) is 2.10. The van der Waals surface area contributed by atoms with E-state index in [2.05, 4.69) is 10.3 Å². The summed E-state index contributed by atoms with van der Waals surface area (Å²) in [6.45, 7) is 3.54. The topological polar surface area (TPSA) is 56.7 Å². The molecule has 0 bridgehead atoms. The quantitative estimate of drug-likeness (QED) is 0.632. The first kappa shape index (κ1) is 7.21. The Kier molecular flexibility index (Phi) is 2.39. The van der Waals surface area contributed by atoms with Crippen molar-refractivity contribution in [2.24, 2.45) is 5.73 Å². The lowest BCUT2D eigenvalue weighted by atomic mass is 10.3. The molecule has 0 aliphatic carbocycles. The second-order valence-corrected chi connectivity index (χ2v) is 2.10. The van der Waals surface area contributed by atoms with Gasteiger partial charge >= 0.3 is 0 Å². The molecule has 0 fully saturated rings. The Labute approximate surface area is 60.0 Å². The molecule has 2 N–H and O–H groups in total. The highest BCUT2D eigenvalue weighted by atomic mass is 15.4. The van der Waals surface area contributed by atoms with Crippen LogP contribution in [-0.2, 0) is 13.0 Å². The number of hydrogen-bond donors (Lipinski definition) is 1. The van der Waals surface area contributed by atoms with Crippen LogP contribution in [0.3, 0.4) is 0 Å². The molecular formula is C6H12N4. The van der Waals surface area contributed by atoms with Crippen LogP contribution in [0.5, 0.6) is 0 Å². The van der Waals surface area contributed by atoms with Crippen LogP contribution >= 0.6 is 0 Å². The van der Waals surface area contributed by atoms with Gasteiger partial charge in [0.15, 0.2) is 0 Å². The molecule has 1 aromatic rings. The fraction of sp³-hybridized carbons (Fsp3) is 0.667. The molecule has 0 aromatic carbocycles. The summed E-state index contributed by atoms with van der Waals surface area (Å²) in [5.74, 6) is 0. The van der Waals surface area contributed by atoms with Gasteiger partial charge in [0.2, 0.25) is 0 Å². The molecule has 56 valence electrons. The molecule has 0 saturated carbocycles. The van der Waals surface area contributed by atoms with Crippen LogP contribution in [0.15, 0.2) is 6.20 Å². The SMILES string of the molecule is CCn1cc(CCN)nn1. The standard InChI is InChI=1S/C6H12N4/c1-2-10-5-6(3-4-7)8-9-10/h5H,2-4,7H2,1H3. The highest BCUT2D eigenvalue weighted by molar-refractivity contribution is 4.92. The predicted octanol–water partition coefficient (Wildman–Crippen LogP) is -0.201. The van der Waals surface area contributed by atoms with E-state index >= 15 is 0 Å². The third kappa shape index (κ3) is 1.54. The van der Waals surface area contributed by atoms with Crippen LogP contribution in [0.25, 0.3) is 0 Å². The molecule has 0 unspecified atom stereocenters. The highest BCUT2D eigenvalue weighted by Crippen LogP contribution is 1.91. The molecule has 4 nitrogen and oxygen atoms in total. The van der Waals surface area contributed by atoms with E-state index < -0.39 is 0 Å². The number of aromatic nitrogens is 3. The largest absolute Gasteiger partial charge is 0.330 e. The van der Waals surface area contributed by atoms with Gasteiger partial charge < -0.3 is 5.73 Å². The zero-order chi connectivity index (χ0) is 7.40. The van der Waals surface area contributed by atoms with Gasteiger partial charge in [0.25, 0.3) is 0 Å². The normalized spacial score (nSPS) is 10.2. The van der Waals surface area contributed by atoms with E-state index in [1.807, 2.05) is 13.1 Å². The first-order chi connectivity index (χ1) is 4.86. The average molecular weight is 140 g/mol. The summed E-state index contributed by atoms with van der Waals surface area (Å²) >= 11 is 0. The van der Waals surface area contributed by atoms with Gasteiger partial charge in [0.05, 0.1) is 5.69 Å². The third-order valence-corrected chi connectivity index (χ3v) is 1.31. The summed E-state index contributed by atoms with van der Waals surface area (Å²) in [6.07, 6.45) is 2.74. The third-order valence-electron chi connectivity index (χ3n) is 1.31. The molecule has 0 saturated heterocycles. The average Bonchev–Trinajstić information content (AvgIpc) is 2.37. The lowest BCUT2D eigenvalue weighted by Gasteiger charge is -1.88. The van der Waals surface area contributed by atoms with Crippen LogP contribution < -0.4 is 5.73 Å². The lowest BCUT2D eigenvalue weighted by Crippen LogP contribution is -2.02. The lowest BCUT2D eigenvalue weighted by molar-refractivity contribution is 0.626. The Morgan fingerprint density at radius 1 is 1.70 bits per heavy atom. The smallest absolute Gasteiger partial charge is 0.0839 e. The van der Waals surface area contributed by atoms with E-state index in [1.165, 1.54) is 0 Å². The molecule has 4 heteroatoms. The first-order valence-corrected chi connectivity index (χ1v) is 3.46. The van der Waals surface area contributed by atoms with Crippen molar-refractivity contribution in [1.82, 2.24) is 15.0 Å². The molecule has 0 amide bonds. The van der Waals surface area contributed by atoms with E-state index in [0.29, 0.717) is 6.54 Å². The Bertz CT molecular complexity index is 193. The molecule has 0 radical (unpaired) electrons. The van der Waals surface area contributed by atoms with Crippen LogP contribution in [0.2, 0.25) is 0 Å². The van der Waals surface area contributed by atoms with Crippen molar-refractivity contribution in [2.75, 3.05) is 6.54 Å². The van der Waals surface area contributed by atoms with Crippen LogP contribution in [0.4, 0.5) is 0 Å². The Hall–Kier alpha value is -0.900. The van der Waals surface area contributed by atoms with Gasteiger partial charge in [-0.15, -0.1) is 5.10 Å². The van der Waals surface area contributed by atoms with Crippen LogP contribution in [0.1, 0.15) is 12.6 Å².